The molecule has 0 aliphatic carbocycles. The minimum Gasteiger partial charge on any atom is -0.303 e. The second-order valence-corrected chi connectivity index (χ2v) is 1.54. The first-order valence-electron chi connectivity index (χ1n) is 2.45. The van der Waals surface area contributed by atoms with Gasteiger partial charge in [0.15, 0.2) is 0 Å². The molecule has 44 valence electrons. The van der Waals surface area contributed by atoms with E-state index in [9.17, 15) is 0 Å². The van der Waals surface area contributed by atoms with E-state index in [4.69, 9.17) is 10.8 Å². The van der Waals surface area contributed by atoms with Crippen molar-refractivity contribution in [2.24, 2.45) is 0 Å². The fourth-order valence-electron chi connectivity index (χ4n) is 0.292. The van der Waals surface area contributed by atoms with Gasteiger partial charge in [-0.1, -0.05) is 6.08 Å². The molecular weight excluding hydrogens is 100 g/mol. The highest BCUT2D eigenvalue weighted by atomic mass is 14.5. The molecule has 0 aromatic carbocycles. The molecule has 0 unspecified atom stereocenters. The number of nitrogens with one attached hydrogen (secondary N) is 2. The van der Waals surface area contributed by atoms with Gasteiger partial charge < -0.3 is 5.41 Å². The van der Waals surface area contributed by atoms with Crippen LogP contribution in [0, 0.1) is 10.8 Å². The monoisotopic (exact) mass is 110 g/mol. The third-order valence-electron chi connectivity index (χ3n) is 0.737. The largest absolute Gasteiger partial charge is 0.303 e. The molecule has 2 heteroatoms. The summed E-state index contributed by atoms with van der Waals surface area (Å²) in [5.74, 6) is 0. The Morgan fingerprint density at radius 3 is 2.00 bits per heavy atom. The van der Waals surface area contributed by atoms with Gasteiger partial charge >= 0.3 is 0 Å². The lowest BCUT2D eigenvalue weighted by atomic mass is 10.2. The van der Waals surface area contributed by atoms with E-state index in [1.54, 1.807) is 19.1 Å². The maximum Gasteiger partial charge on any atom is 0.0741 e. The molecule has 0 rings (SSSR count). The van der Waals surface area contributed by atoms with Gasteiger partial charge in [0, 0.05) is 0 Å². The summed E-state index contributed by atoms with van der Waals surface area (Å²) in [5, 5.41) is 14.0. The smallest absolute Gasteiger partial charge is 0.0741 e. The first kappa shape index (κ1) is 7.08. The average molecular weight is 110 g/mol. The molecule has 0 amide bonds. The van der Waals surface area contributed by atoms with Crippen molar-refractivity contribution in [1.29, 1.82) is 10.8 Å². The molecule has 0 fully saturated rings. The van der Waals surface area contributed by atoms with Gasteiger partial charge in [-0.25, -0.2) is 0 Å². The quantitative estimate of drug-likeness (QED) is 0.507. The van der Waals surface area contributed by atoms with Gasteiger partial charge in [0.1, 0.15) is 0 Å². The van der Waals surface area contributed by atoms with Crippen LogP contribution >= 0.6 is 0 Å². The van der Waals surface area contributed by atoms with Crippen molar-refractivity contribution < 1.29 is 0 Å². The van der Waals surface area contributed by atoms with E-state index >= 15 is 0 Å². The second kappa shape index (κ2) is 3.13. The number of allylic oxidation sites excluding steroid dienone is 2. The van der Waals surface area contributed by atoms with Crippen molar-refractivity contribution in [1.82, 2.24) is 0 Å². The topological polar surface area (TPSA) is 47.7 Å². The standard InChI is InChI=1S/C6H10N2/c1-3-4-6(8)5(2)7/h3-4,7-8H,1-2H3/b4-3-,7-5?,8-6?. The Morgan fingerprint density at radius 2 is 1.88 bits per heavy atom. The fraction of sp³-hybridized carbons (Fsp3) is 0.333. The van der Waals surface area contributed by atoms with Crippen LogP contribution in [0.4, 0.5) is 0 Å². The van der Waals surface area contributed by atoms with Gasteiger partial charge in [-0.2, -0.15) is 0 Å². The summed E-state index contributed by atoms with van der Waals surface area (Å²) in [5.41, 5.74) is 0.593. The highest BCUT2D eigenvalue weighted by Crippen LogP contribution is 1.78. The van der Waals surface area contributed by atoms with Crippen LogP contribution in [0.1, 0.15) is 13.8 Å². The Labute approximate surface area is 49.2 Å². The molecule has 0 aliphatic rings. The van der Waals surface area contributed by atoms with Crippen LogP contribution in [0.25, 0.3) is 0 Å². The van der Waals surface area contributed by atoms with E-state index in [0.717, 1.165) is 0 Å². The van der Waals surface area contributed by atoms with Gasteiger partial charge in [0.2, 0.25) is 0 Å². The molecule has 0 bridgehead atoms. The Kier molecular flexibility index (Phi) is 2.77. The van der Waals surface area contributed by atoms with Crippen LogP contribution in [0.5, 0.6) is 0 Å². The lowest BCUT2D eigenvalue weighted by molar-refractivity contribution is 1.47. The fourth-order valence-corrected chi connectivity index (χ4v) is 0.292. The Balaban J connectivity index is 3.85. The van der Waals surface area contributed by atoms with E-state index in [2.05, 4.69) is 0 Å². The first-order valence-corrected chi connectivity index (χ1v) is 2.45. The summed E-state index contributed by atoms with van der Waals surface area (Å²) in [6, 6.07) is 0. The SMILES string of the molecule is C/C=C\C(=N)C(C)=N. The summed E-state index contributed by atoms with van der Waals surface area (Å²) >= 11 is 0. The van der Waals surface area contributed by atoms with E-state index in [-0.39, 0.29) is 5.71 Å². The molecule has 0 atom stereocenters. The molecule has 0 aromatic rings. The zero-order valence-corrected chi connectivity index (χ0v) is 5.15. The second-order valence-electron chi connectivity index (χ2n) is 1.54. The van der Waals surface area contributed by atoms with Gasteiger partial charge in [-0.05, 0) is 19.9 Å². The van der Waals surface area contributed by atoms with Crippen LogP contribution in [-0.4, -0.2) is 11.4 Å². The normalized spacial score (nSPS) is 9.75. The van der Waals surface area contributed by atoms with Crippen molar-refractivity contribution in [2.45, 2.75) is 13.8 Å². The predicted molar refractivity (Wildman–Crippen MR) is 35.9 cm³/mol. The van der Waals surface area contributed by atoms with Crippen LogP contribution in [-0.2, 0) is 0 Å². The molecule has 0 radical (unpaired) electrons. The predicted octanol–water partition coefficient (Wildman–Crippen LogP) is 1.62. The maximum atomic E-state index is 7.03. The van der Waals surface area contributed by atoms with Crippen molar-refractivity contribution in [2.75, 3.05) is 0 Å². The summed E-state index contributed by atoms with van der Waals surface area (Å²) in [6.45, 7) is 3.43. The summed E-state index contributed by atoms with van der Waals surface area (Å²) in [6.07, 6.45) is 3.35. The molecule has 0 spiro atoms. The van der Waals surface area contributed by atoms with Crippen molar-refractivity contribution >= 4 is 11.4 Å². The van der Waals surface area contributed by atoms with Crippen LogP contribution in [0.15, 0.2) is 12.2 Å². The Bertz CT molecular complexity index is 133. The molecule has 0 heterocycles. The molecule has 0 aliphatic heterocycles. The number of hydrogen-bond donors (Lipinski definition) is 2. The van der Waals surface area contributed by atoms with Crippen molar-refractivity contribution in [3.05, 3.63) is 12.2 Å². The minimum atomic E-state index is 0.285. The van der Waals surface area contributed by atoms with Gasteiger partial charge in [-0.15, -0.1) is 0 Å². The van der Waals surface area contributed by atoms with Crippen LogP contribution < -0.4 is 0 Å². The highest BCUT2D eigenvalue weighted by molar-refractivity contribution is 6.43. The Hall–Kier alpha value is -0.920. The Morgan fingerprint density at radius 1 is 1.38 bits per heavy atom. The van der Waals surface area contributed by atoms with Gasteiger partial charge in [0.05, 0.1) is 11.4 Å². The number of hydrogen-bond acceptors (Lipinski definition) is 2. The molecule has 0 saturated heterocycles. The molecule has 0 aromatic heterocycles. The third-order valence-corrected chi connectivity index (χ3v) is 0.737. The molecule has 8 heavy (non-hydrogen) atoms. The highest BCUT2D eigenvalue weighted by Gasteiger charge is 1.88. The van der Waals surface area contributed by atoms with E-state index in [1.807, 2.05) is 6.92 Å². The first-order chi connectivity index (χ1) is 3.68. The minimum absolute atomic E-state index is 0.285. The van der Waals surface area contributed by atoms with Crippen molar-refractivity contribution in [3.63, 3.8) is 0 Å². The summed E-state index contributed by atoms with van der Waals surface area (Å²) < 4.78 is 0. The van der Waals surface area contributed by atoms with Gasteiger partial charge in [-0.3, -0.25) is 5.41 Å². The van der Waals surface area contributed by atoms with Crippen LogP contribution in [0.2, 0.25) is 0 Å². The summed E-state index contributed by atoms with van der Waals surface area (Å²) in [4.78, 5) is 0. The van der Waals surface area contributed by atoms with Crippen LogP contribution in [0.3, 0.4) is 0 Å². The zero-order valence-electron chi connectivity index (χ0n) is 5.15. The third kappa shape index (κ3) is 2.29. The zero-order chi connectivity index (χ0) is 6.57. The summed E-state index contributed by atoms with van der Waals surface area (Å²) in [7, 11) is 0. The lowest BCUT2D eigenvalue weighted by Crippen LogP contribution is -2.01. The molecule has 2 nitrogen and oxygen atoms in total. The molecule has 0 saturated carbocycles. The molecule has 2 N–H and O–H groups in total. The van der Waals surface area contributed by atoms with E-state index in [1.165, 1.54) is 0 Å². The maximum absolute atomic E-state index is 7.03. The number of rotatable bonds is 2. The lowest BCUT2D eigenvalue weighted by Gasteiger charge is -1.87. The van der Waals surface area contributed by atoms with E-state index < -0.39 is 0 Å². The average Bonchev–Trinajstić information content (AvgIpc) is 1.67. The molecular formula is C6H10N2. The van der Waals surface area contributed by atoms with Crippen molar-refractivity contribution in [3.8, 4) is 0 Å². The van der Waals surface area contributed by atoms with Gasteiger partial charge in [0.25, 0.3) is 0 Å². The van der Waals surface area contributed by atoms with E-state index in [0.29, 0.717) is 5.71 Å².